The zero-order valence-corrected chi connectivity index (χ0v) is 3.72. The minimum absolute atomic E-state index is 0.625. The number of aromatic nitrogens is 1. The van der Waals surface area contributed by atoms with Crippen molar-refractivity contribution in [1.82, 2.24) is 4.98 Å². The van der Waals surface area contributed by atoms with E-state index in [4.69, 9.17) is 0 Å². The third kappa shape index (κ3) is 0.682. The van der Waals surface area contributed by atoms with Gasteiger partial charge in [0.05, 0.1) is 5.69 Å². The van der Waals surface area contributed by atoms with Crippen molar-refractivity contribution in [2.45, 2.75) is 0 Å². The van der Waals surface area contributed by atoms with Crippen molar-refractivity contribution in [3.05, 3.63) is 24.0 Å². The van der Waals surface area contributed by atoms with Gasteiger partial charge in [0.1, 0.15) is 0 Å². The summed E-state index contributed by atoms with van der Waals surface area (Å²) in [4.78, 5) is 12.6. The molecular weight excluding hydrogens is 92.1 g/mol. The van der Waals surface area contributed by atoms with Gasteiger partial charge in [0, 0.05) is 6.20 Å². The average Bonchev–Trinajstić information content (AvgIpc) is 2.14. The molecule has 0 bridgehead atoms. The van der Waals surface area contributed by atoms with Crippen LogP contribution in [0.3, 0.4) is 0 Å². The topological polar surface area (TPSA) is 32.9 Å². The summed E-state index contributed by atoms with van der Waals surface area (Å²) < 4.78 is 0. The molecule has 36 valence electrons. The molecule has 0 aliphatic heterocycles. The van der Waals surface area contributed by atoms with Crippen LogP contribution in [0.5, 0.6) is 0 Å². The lowest BCUT2D eigenvalue weighted by atomic mass is 10.6. The Hall–Kier alpha value is -1.05. The Labute approximate surface area is 41.2 Å². The van der Waals surface area contributed by atoms with Crippen molar-refractivity contribution in [2.24, 2.45) is 0 Å². The summed E-state index contributed by atoms with van der Waals surface area (Å²) in [6.45, 7) is 0. The minimum atomic E-state index is 0.625. The molecule has 0 atom stereocenters. The van der Waals surface area contributed by atoms with Crippen LogP contribution in [0.4, 0.5) is 0 Å². The number of aromatic amines is 1. The van der Waals surface area contributed by atoms with Crippen LogP contribution < -0.4 is 0 Å². The number of aldehydes is 1. The van der Waals surface area contributed by atoms with E-state index in [0.717, 1.165) is 6.29 Å². The highest BCUT2D eigenvalue weighted by Crippen LogP contribution is 1.85. The molecule has 0 fully saturated rings. The quantitative estimate of drug-likeness (QED) is 0.517. The van der Waals surface area contributed by atoms with Crippen LogP contribution in [-0.4, -0.2) is 11.3 Å². The van der Waals surface area contributed by atoms with Crippen LogP contribution in [0.2, 0.25) is 0 Å². The molecule has 1 rings (SSSR count). The summed E-state index contributed by atoms with van der Waals surface area (Å²) in [6.07, 6.45) is 2.49. The largest absolute Gasteiger partial charge is 0.359 e. The van der Waals surface area contributed by atoms with E-state index < -0.39 is 0 Å². The van der Waals surface area contributed by atoms with E-state index in [1.807, 2.05) is 0 Å². The van der Waals surface area contributed by atoms with Crippen LogP contribution in [0.1, 0.15) is 10.5 Å². The number of rotatable bonds is 1. The van der Waals surface area contributed by atoms with Gasteiger partial charge in [-0.25, -0.2) is 0 Å². The predicted molar refractivity (Wildman–Crippen MR) is 26.2 cm³/mol. The van der Waals surface area contributed by atoms with Crippen LogP contribution in [0.15, 0.2) is 18.3 Å². The van der Waals surface area contributed by atoms with E-state index in [2.05, 4.69) is 4.98 Å². The maximum Gasteiger partial charge on any atom is 0.166 e. The van der Waals surface area contributed by atoms with Gasteiger partial charge in [0.25, 0.3) is 0 Å². The third-order valence-electron chi connectivity index (χ3n) is 0.749. The Kier molecular flexibility index (Phi) is 0.941. The number of nitrogens with one attached hydrogen (secondary N) is 1. The molecule has 0 radical (unpaired) electrons. The molecule has 0 unspecified atom stereocenters. The fourth-order valence-electron chi connectivity index (χ4n) is 0.418. The van der Waals surface area contributed by atoms with Crippen molar-refractivity contribution < 1.29 is 4.79 Å². The zero-order chi connectivity index (χ0) is 5.11. The highest BCUT2D eigenvalue weighted by molar-refractivity contribution is 5.71. The van der Waals surface area contributed by atoms with E-state index in [0.29, 0.717) is 5.69 Å². The number of carbonyl (C=O) groups is 1. The summed E-state index contributed by atoms with van der Waals surface area (Å²) in [7, 11) is 0. The van der Waals surface area contributed by atoms with Crippen molar-refractivity contribution in [2.75, 3.05) is 0 Å². The molecule has 1 heterocycles. The molecule has 1 N–H and O–H groups in total. The number of hydrogen-bond donors (Lipinski definition) is 1. The Morgan fingerprint density at radius 3 is 2.86 bits per heavy atom. The van der Waals surface area contributed by atoms with Crippen molar-refractivity contribution in [3.63, 3.8) is 0 Å². The lowest BCUT2D eigenvalue weighted by molar-refractivity contribution is 0.111. The summed E-state index contributed by atoms with van der Waals surface area (Å²) in [6, 6.07) is 3.50. The zero-order valence-electron chi connectivity index (χ0n) is 3.72. The SMILES string of the molecule is O=[14CH]c1ccc[nH]1. The van der Waals surface area contributed by atoms with Crippen LogP contribution in [-0.2, 0) is 0 Å². The Bertz CT molecular complexity index is 143. The molecule has 0 amide bonds. The summed E-state index contributed by atoms with van der Waals surface area (Å²) in [5.41, 5.74) is 0.625. The van der Waals surface area contributed by atoms with E-state index >= 15 is 0 Å². The van der Waals surface area contributed by atoms with Gasteiger partial charge in [-0.3, -0.25) is 4.79 Å². The highest BCUT2D eigenvalue weighted by atomic mass is 16.3. The summed E-state index contributed by atoms with van der Waals surface area (Å²) in [5, 5.41) is 0. The van der Waals surface area contributed by atoms with E-state index in [9.17, 15) is 4.79 Å². The molecule has 2 nitrogen and oxygen atoms in total. The summed E-state index contributed by atoms with van der Waals surface area (Å²) in [5.74, 6) is 0. The molecule has 1 aromatic rings. The molecule has 0 spiro atoms. The molecule has 2 heteroatoms. The molecule has 0 aliphatic rings. The van der Waals surface area contributed by atoms with Gasteiger partial charge >= 0.3 is 0 Å². The van der Waals surface area contributed by atoms with Crippen molar-refractivity contribution >= 4 is 6.29 Å². The predicted octanol–water partition coefficient (Wildman–Crippen LogP) is 0.827. The van der Waals surface area contributed by atoms with Crippen molar-refractivity contribution in [1.29, 1.82) is 0 Å². The van der Waals surface area contributed by atoms with Crippen LogP contribution in [0, 0.1) is 0 Å². The number of H-pyrrole nitrogens is 1. The normalized spacial score (nSPS) is 8.57. The molecule has 0 saturated heterocycles. The van der Waals surface area contributed by atoms with Gasteiger partial charge in [0.15, 0.2) is 6.29 Å². The van der Waals surface area contributed by atoms with Gasteiger partial charge in [-0.15, -0.1) is 0 Å². The maximum absolute atomic E-state index is 9.84. The highest BCUT2D eigenvalue weighted by Gasteiger charge is 1.81. The molecule has 1 aromatic heterocycles. The first-order chi connectivity index (χ1) is 3.43. The van der Waals surface area contributed by atoms with Gasteiger partial charge < -0.3 is 4.98 Å². The molecule has 7 heavy (non-hydrogen) atoms. The van der Waals surface area contributed by atoms with E-state index in [1.165, 1.54) is 0 Å². The summed E-state index contributed by atoms with van der Waals surface area (Å²) >= 11 is 0. The van der Waals surface area contributed by atoms with Gasteiger partial charge in [0.2, 0.25) is 0 Å². The first-order valence-electron chi connectivity index (χ1n) is 2.02. The molecule has 0 saturated carbocycles. The monoisotopic (exact) mass is 97.0 g/mol. The van der Waals surface area contributed by atoms with E-state index in [-0.39, 0.29) is 0 Å². The first kappa shape index (κ1) is 4.12. The maximum atomic E-state index is 9.84. The average molecular weight is 97.1 g/mol. The smallest absolute Gasteiger partial charge is 0.166 e. The molecule has 0 aromatic carbocycles. The van der Waals surface area contributed by atoms with Gasteiger partial charge in [-0.05, 0) is 12.1 Å². The van der Waals surface area contributed by atoms with Gasteiger partial charge in [-0.2, -0.15) is 0 Å². The second-order valence-corrected chi connectivity index (χ2v) is 1.24. The Morgan fingerprint density at radius 2 is 2.57 bits per heavy atom. The number of hydrogen-bond acceptors (Lipinski definition) is 1. The van der Waals surface area contributed by atoms with Gasteiger partial charge in [-0.1, -0.05) is 0 Å². The fourth-order valence-corrected chi connectivity index (χ4v) is 0.418. The Balaban J connectivity index is 2.96. The van der Waals surface area contributed by atoms with Crippen LogP contribution in [0.25, 0.3) is 0 Å². The lowest BCUT2D eigenvalue weighted by Gasteiger charge is -1.70. The second-order valence-electron chi connectivity index (χ2n) is 1.24. The lowest BCUT2D eigenvalue weighted by Crippen LogP contribution is -1.72. The fraction of sp³-hybridized carbons (Fsp3) is 0. The molecular formula is C5H5NO. The standard InChI is InChI=1S/C5H5NO/c7-4-5-2-1-3-6-5/h1-4,6H/i4+2. The minimum Gasteiger partial charge on any atom is -0.359 e. The third-order valence-corrected chi connectivity index (χ3v) is 0.749. The molecule has 0 aliphatic carbocycles. The number of carbonyl (C=O) groups excluding carboxylic acids is 1. The second kappa shape index (κ2) is 1.60. The van der Waals surface area contributed by atoms with E-state index in [1.54, 1.807) is 18.3 Å². The Morgan fingerprint density at radius 1 is 1.71 bits per heavy atom. The van der Waals surface area contributed by atoms with Crippen LogP contribution >= 0.6 is 0 Å². The first-order valence-corrected chi connectivity index (χ1v) is 2.02. The van der Waals surface area contributed by atoms with Crippen molar-refractivity contribution in [3.8, 4) is 0 Å².